The highest BCUT2D eigenvalue weighted by Crippen LogP contribution is 2.44. The van der Waals surface area contributed by atoms with Crippen LogP contribution in [0.5, 0.6) is 0 Å². The number of hydrogen-bond donors (Lipinski definition) is 1. The van der Waals surface area contributed by atoms with Crippen molar-refractivity contribution >= 4 is 11.7 Å². The van der Waals surface area contributed by atoms with Crippen LogP contribution in [0.15, 0.2) is 30.3 Å². The molecule has 1 aliphatic carbocycles. The second kappa shape index (κ2) is 5.01. The Bertz CT molecular complexity index is 408. The van der Waals surface area contributed by atoms with Crippen LogP contribution in [0.4, 0.5) is 5.69 Å². The monoisotopic (exact) mass is 247 g/mol. The SMILES string of the molecule is COC(=O)C1(Nc2ccccc2)CC(C(C)C)C1. The number of hydrogen-bond acceptors (Lipinski definition) is 3. The van der Waals surface area contributed by atoms with Crippen molar-refractivity contribution in [2.24, 2.45) is 11.8 Å². The van der Waals surface area contributed by atoms with E-state index >= 15 is 0 Å². The lowest BCUT2D eigenvalue weighted by molar-refractivity contribution is -0.151. The Morgan fingerprint density at radius 3 is 2.44 bits per heavy atom. The maximum Gasteiger partial charge on any atom is 0.331 e. The smallest absolute Gasteiger partial charge is 0.331 e. The second-order valence-corrected chi connectivity index (χ2v) is 5.48. The van der Waals surface area contributed by atoms with Crippen molar-refractivity contribution < 1.29 is 9.53 Å². The number of carbonyl (C=O) groups excluding carboxylic acids is 1. The topological polar surface area (TPSA) is 38.3 Å². The number of ether oxygens (including phenoxy) is 1. The Balaban J connectivity index is 2.11. The molecule has 0 saturated heterocycles. The van der Waals surface area contributed by atoms with Crippen LogP contribution in [0.1, 0.15) is 26.7 Å². The van der Waals surface area contributed by atoms with Crippen LogP contribution >= 0.6 is 0 Å². The summed E-state index contributed by atoms with van der Waals surface area (Å²) in [6.45, 7) is 4.41. The van der Waals surface area contributed by atoms with E-state index < -0.39 is 5.54 Å². The second-order valence-electron chi connectivity index (χ2n) is 5.48. The number of rotatable bonds is 4. The van der Waals surface area contributed by atoms with Gasteiger partial charge in [0.25, 0.3) is 0 Å². The molecule has 0 atom stereocenters. The first-order valence-electron chi connectivity index (χ1n) is 6.49. The highest BCUT2D eigenvalue weighted by atomic mass is 16.5. The van der Waals surface area contributed by atoms with Crippen LogP contribution < -0.4 is 5.32 Å². The Labute approximate surface area is 109 Å². The molecule has 0 aromatic heterocycles. The van der Waals surface area contributed by atoms with Crippen LogP contribution in [0.3, 0.4) is 0 Å². The summed E-state index contributed by atoms with van der Waals surface area (Å²) >= 11 is 0. The van der Waals surface area contributed by atoms with Gasteiger partial charge < -0.3 is 10.1 Å². The number of nitrogens with one attached hydrogen (secondary N) is 1. The van der Waals surface area contributed by atoms with Crippen molar-refractivity contribution in [1.29, 1.82) is 0 Å². The molecule has 1 fully saturated rings. The Hall–Kier alpha value is -1.51. The third-order valence-electron chi connectivity index (χ3n) is 3.90. The van der Waals surface area contributed by atoms with Crippen LogP contribution in [0.25, 0.3) is 0 Å². The number of esters is 1. The molecule has 0 bridgehead atoms. The van der Waals surface area contributed by atoms with Crippen molar-refractivity contribution in [2.75, 3.05) is 12.4 Å². The van der Waals surface area contributed by atoms with Gasteiger partial charge in [-0.3, -0.25) is 0 Å². The van der Waals surface area contributed by atoms with Gasteiger partial charge >= 0.3 is 5.97 Å². The summed E-state index contributed by atoms with van der Waals surface area (Å²) in [7, 11) is 1.46. The zero-order chi connectivity index (χ0) is 13.2. The predicted octanol–water partition coefficient (Wildman–Crippen LogP) is 3.08. The van der Waals surface area contributed by atoms with E-state index in [9.17, 15) is 4.79 Å². The van der Waals surface area contributed by atoms with Crippen molar-refractivity contribution in [3.63, 3.8) is 0 Å². The normalized spacial score (nSPS) is 26.6. The molecule has 1 aromatic carbocycles. The molecule has 2 rings (SSSR count). The molecule has 98 valence electrons. The van der Waals surface area contributed by atoms with Crippen molar-refractivity contribution in [3.05, 3.63) is 30.3 Å². The van der Waals surface area contributed by atoms with Crippen LogP contribution in [0, 0.1) is 11.8 Å². The first-order chi connectivity index (χ1) is 8.57. The Kier molecular flexibility index (Phi) is 3.60. The summed E-state index contributed by atoms with van der Waals surface area (Å²) in [5.41, 5.74) is 0.454. The molecule has 0 heterocycles. The lowest BCUT2D eigenvalue weighted by Gasteiger charge is -2.48. The molecule has 1 aromatic rings. The largest absolute Gasteiger partial charge is 0.467 e. The summed E-state index contributed by atoms with van der Waals surface area (Å²) in [4.78, 5) is 12.0. The minimum atomic E-state index is -0.523. The van der Waals surface area contributed by atoms with Crippen LogP contribution in [-0.4, -0.2) is 18.6 Å². The lowest BCUT2D eigenvalue weighted by atomic mass is 9.64. The van der Waals surface area contributed by atoms with Gasteiger partial charge in [-0.05, 0) is 36.8 Å². The van der Waals surface area contributed by atoms with E-state index in [4.69, 9.17) is 4.74 Å². The van der Waals surface area contributed by atoms with Crippen molar-refractivity contribution in [3.8, 4) is 0 Å². The highest BCUT2D eigenvalue weighted by Gasteiger charge is 2.51. The standard InChI is InChI=1S/C15H21NO2/c1-11(2)12-9-15(10-12,14(17)18-3)16-13-7-5-4-6-8-13/h4-8,11-12,16H,9-10H2,1-3H3. The molecule has 0 radical (unpaired) electrons. The molecule has 1 N–H and O–H groups in total. The molecular weight excluding hydrogens is 226 g/mol. The molecule has 1 saturated carbocycles. The molecule has 3 nitrogen and oxygen atoms in total. The van der Waals surface area contributed by atoms with E-state index in [1.54, 1.807) is 0 Å². The van der Waals surface area contributed by atoms with Crippen LogP contribution in [-0.2, 0) is 9.53 Å². The molecule has 0 unspecified atom stereocenters. The number of methoxy groups -OCH3 is 1. The number of carbonyl (C=O) groups is 1. The maximum atomic E-state index is 12.0. The predicted molar refractivity (Wildman–Crippen MR) is 72.4 cm³/mol. The first-order valence-corrected chi connectivity index (χ1v) is 6.49. The zero-order valence-electron chi connectivity index (χ0n) is 11.3. The summed E-state index contributed by atoms with van der Waals surface area (Å²) < 4.78 is 4.96. The Morgan fingerprint density at radius 1 is 1.33 bits per heavy atom. The van der Waals surface area contributed by atoms with Gasteiger partial charge in [0.2, 0.25) is 0 Å². The van der Waals surface area contributed by atoms with Gasteiger partial charge in [-0.2, -0.15) is 0 Å². The average molecular weight is 247 g/mol. The molecule has 0 amide bonds. The van der Waals surface area contributed by atoms with E-state index in [1.807, 2.05) is 30.3 Å². The van der Waals surface area contributed by atoms with Gasteiger partial charge in [0, 0.05) is 5.69 Å². The van der Waals surface area contributed by atoms with Gasteiger partial charge in [-0.15, -0.1) is 0 Å². The minimum absolute atomic E-state index is 0.150. The summed E-state index contributed by atoms with van der Waals surface area (Å²) in [5.74, 6) is 1.06. The van der Waals surface area contributed by atoms with Crippen LogP contribution in [0.2, 0.25) is 0 Å². The van der Waals surface area contributed by atoms with Gasteiger partial charge in [0.05, 0.1) is 7.11 Å². The van der Waals surface area contributed by atoms with Crippen molar-refractivity contribution in [2.45, 2.75) is 32.2 Å². The number of benzene rings is 1. The molecule has 0 spiro atoms. The maximum absolute atomic E-state index is 12.0. The summed E-state index contributed by atoms with van der Waals surface area (Å²) in [5, 5.41) is 3.35. The first kappa shape index (κ1) is 12.9. The average Bonchev–Trinajstić information content (AvgIpc) is 2.33. The molecule has 18 heavy (non-hydrogen) atoms. The fraction of sp³-hybridized carbons (Fsp3) is 0.533. The Morgan fingerprint density at radius 2 is 1.94 bits per heavy atom. The molecule has 1 aliphatic rings. The fourth-order valence-corrected chi connectivity index (χ4v) is 2.62. The zero-order valence-corrected chi connectivity index (χ0v) is 11.3. The highest BCUT2D eigenvalue weighted by molar-refractivity contribution is 5.85. The molecular formula is C15H21NO2. The molecule has 0 aliphatic heterocycles. The van der Waals surface area contributed by atoms with Crippen molar-refractivity contribution in [1.82, 2.24) is 0 Å². The van der Waals surface area contributed by atoms with E-state index in [0.717, 1.165) is 18.5 Å². The quantitative estimate of drug-likeness (QED) is 0.831. The minimum Gasteiger partial charge on any atom is -0.467 e. The van der Waals surface area contributed by atoms with Gasteiger partial charge in [-0.1, -0.05) is 32.0 Å². The van der Waals surface area contributed by atoms with Gasteiger partial charge in [0.1, 0.15) is 5.54 Å². The summed E-state index contributed by atoms with van der Waals surface area (Å²) in [6, 6.07) is 9.85. The van der Waals surface area contributed by atoms with E-state index in [-0.39, 0.29) is 5.97 Å². The van der Waals surface area contributed by atoms with Gasteiger partial charge in [0.15, 0.2) is 0 Å². The third kappa shape index (κ3) is 2.35. The van der Waals surface area contributed by atoms with Gasteiger partial charge in [-0.25, -0.2) is 4.79 Å². The fourth-order valence-electron chi connectivity index (χ4n) is 2.62. The molecule has 3 heteroatoms. The number of anilines is 1. The van der Waals surface area contributed by atoms with E-state index in [2.05, 4.69) is 19.2 Å². The third-order valence-corrected chi connectivity index (χ3v) is 3.90. The summed E-state index contributed by atoms with van der Waals surface area (Å²) in [6.07, 6.45) is 1.71. The van der Waals surface area contributed by atoms with E-state index in [0.29, 0.717) is 11.8 Å². The lowest BCUT2D eigenvalue weighted by Crippen LogP contribution is -2.58. The number of para-hydroxylation sites is 1. The van der Waals surface area contributed by atoms with E-state index in [1.165, 1.54) is 7.11 Å².